The molecule has 0 atom stereocenters. The maximum atomic E-state index is 12.7. The lowest BCUT2D eigenvalue weighted by Crippen LogP contribution is -2.47. The Labute approximate surface area is 142 Å². The van der Waals surface area contributed by atoms with Gasteiger partial charge in [-0.25, -0.2) is 4.98 Å². The first-order chi connectivity index (χ1) is 11.3. The van der Waals surface area contributed by atoms with Crippen LogP contribution in [0.2, 0.25) is 5.02 Å². The number of hydrogen-bond acceptors (Lipinski definition) is 4. The first-order valence-corrected chi connectivity index (χ1v) is 7.80. The molecule has 1 aliphatic rings. The molecule has 1 aliphatic heterocycles. The van der Waals surface area contributed by atoms with Crippen molar-refractivity contribution >= 4 is 28.8 Å². The molecular weight excluding hydrogens is 341 g/mol. The second kappa shape index (κ2) is 6.39. The minimum absolute atomic E-state index is 0.0192. The highest BCUT2D eigenvalue weighted by atomic mass is 35.5. The molecule has 0 spiro atoms. The Kier molecular flexibility index (Phi) is 4.45. The van der Waals surface area contributed by atoms with Crippen molar-refractivity contribution in [2.45, 2.75) is 6.18 Å². The SMILES string of the molecule is Nc1ccc(N2CCN(c3ncc(C(F)(F)F)cc3Cl)CC2)cc1. The molecule has 1 saturated heterocycles. The van der Waals surface area contributed by atoms with Crippen LogP contribution in [0.5, 0.6) is 0 Å². The first kappa shape index (κ1) is 16.7. The molecule has 2 N–H and O–H groups in total. The summed E-state index contributed by atoms with van der Waals surface area (Å²) in [6.07, 6.45) is -3.61. The second-order valence-electron chi connectivity index (χ2n) is 5.59. The van der Waals surface area contributed by atoms with Crippen LogP contribution in [-0.4, -0.2) is 31.2 Å². The van der Waals surface area contributed by atoms with E-state index in [4.69, 9.17) is 17.3 Å². The van der Waals surface area contributed by atoms with Crippen molar-refractivity contribution in [2.75, 3.05) is 41.7 Å². The topological polar surface area (TPSA) is 45.4 Å². The lowest BCUT2D eigenvalue weighted by atomic mass is 10.2. The number of hydrogen-bond donors (Lipinski definition) is 1. The van der Waals surface area contributed by atoms with Gasteiger partial charge in [-0.15, -0.1) is 0 Å². The van der Waals surface area contributed by atoms with Crippen molar-refractivity contribution in [1.82, 2.24) is 4.98 Å². The Morgan fingerprint density at radius 3 is 2.12 bits per heavy atom. The first-order valence-electron chi connectivity index (χ1n) is 7.43. The Hall–Kier alpha value is -2.15. The van der Waals surface area contributed by atoms with Gasteiger partial charge in [0.1, 0.15) is 5.82 Å². The van der Waals surface area contributed by atoms with Gasteiger partial charge >= 0.3 is 6.18 Å². The third-order valence-electron chi connectivity index (χ3n) is 3.99. The van der Waals surface area contributed by atoms with Crippen LogP contribution in [0.4, 0.5) is 30.4 Å². The highest BCUT2D eigenvalue weighted by molar-refractivity contribution is 6.33. The van der Waals surface area contributed by atoms with Gasteiger partial charge in [0.25, 0.3) is 0 Å². The zero-order valence-corrected chi connectivity index (χ0v) is 13.5. The molecule has 8 heteroatoms. The molecule has 0 saturated carbocycles. The maximum absolute atomic E-state index is 12.7. The number of anilines is 3. The minimum atomic E-state index is -4.44. The number of pyridine rings is 1. The van der Waals surface area contributed by atoms with E-state index < -0.39 is 11.7 Å². The Morgan fingerprint density at radius 2 is 1.58 bits per heavy atom. The molecule has 1 aromatic carbocycles. The normalized spacial score (nSPS) is 15.7. The quantitative estimate of drug-likeness (QED) is 0.834. The van der Waals surface area contributed by atoms with Gasteiger partial charge in [-0.1, -0.05) is 11.6 Å². The highest BCUT2D eigenvalue weighted by Crippen LogP contribution is 2.34. The summed E-state index contributed by atoms with van der Waals surface area (Å²) in [5, 5.41) is 0.0192. The van der Waals surface area contributed by atoms with Gasteiger partial charge < -0.3 is 15.5 Å². The number of piperazine rings is 1. The Balaban J connectivity index is 1.69. The van der Waals surface area contributed by atoms with Gasteiger partial charge in [0, 0.05) is 43.8 Å². The summed E-state index contributed by atoms with van der Waals surface area (Å²) in [6, 6.07) is 8.52. The van der Waals surface area contributed by atoms with Crippen molar-refractivity contribution in [2.24, 2.45) is 0 Å². The molecule has 4 nitrogen and oxygen atoms in total. The Bertz CT molecular complexity index is 710. The van der Waals surface area contributed by atoms with E-state index in [9.17, 15) is 13.2 Å². The standard InChI is InChI=1S/C16H16ClF3N4/c17-14-9-11(16(18,19)20)10-22-15(14)24-7-5-23(6-8-24)13-3-1-12(21)2-4-13/h1-4,9-10H,5-8,21H2. The van der Waals surface area contributed by atoms with Gasteiger partial charge in [0.15, 0.2) is 0 Å². The molecule has 128 valence electrons. The fraction of sp³-hybridized carbons (Fsp3) is 0.312. The van der Waals surface area contributed by atoms with E-state index >= 15 is 0 Å². The van der Waals surface area contributed by atoms with Gasteiger partial charge in [-0.05, 0) is 30.3 Å². The summed E-state index contributed by atoms with van der Waals surface area (Å²) in [7, 11) is 0. The molecule has 1 fully saturated rings. The summed E-state index contributed by atoms with van der Waals surface area (Å²) in [4.78, 5) is 8.00. The van der Waals surface area contributed by atoms with Gasteiger partial charge in [-0.3, -0.25) is 0 Å². The molecule has 0 aliphatic carbocycles. The van der Waals surface area contributed by atoms with Gasteiger partial charge in [0.05, 0.1) is 10.6 Å². The number of benzene rings is 1. The summed E-state index contributed by atoms with van der Waals surface area (Å²) in [6.45, 7) is 2.71. The van der Waals surface area contributed by atoms with E-state index in [1.54, 1.807) is 0 Å². The van der Waals surface area contributed by atoms with E-state index in [-0.39, 0.29) is 5.02 Å². The third-order valence-corrected chi connectivity index (χ3v) is 4.26. The summed E-state index contributed by atoms with van der Waals surface area (Å²) < 4.78 is 38.0. The predicted molar refractivity (Wildman–Crippen MR) is 89.5 cm³/mol. The second-order valence-corrected chi connectivity index (χ2v) is 6.00. The minimum Gasteiger partial charge on any atom is -0.399 e. The number of halogens is 4. The summed E-state index contributed by atoms with van der Waals surface area (Å²) in [5.74, 6) is 0.390. The molecule has 2 heterocycles. The van der Waals surface area contributed by atoms with Crippen molar-refractivity contribution in [3.05, 3.63) is 47.1 Å². The van der Waals surface area contributed by atoms with E-state index in [1.807, 2.05) is 29.2 Å². The largest absolute Gasteiger partial charge is 0.417 e. The van der Waals surface area contributed by atoms with Crippen LogP contribution in [0.15, 0.2) is 36.5 Å². The maximum Gasteiger partial charge on any atom is 0.417 e. The molecule has 2 aromatic rings. The molecule has 0 unspecified atom stereocenters. The number of aromatic nitrogens is 1. The predicted octanol–water partition coefficient (Wildman–Crippen LogP) is 3.66. The monoisotopic (exact) mass is 356 g/mol. The van der Waals surface area contributed by atoms with Crippen molar-refractivity contribution in [3.63, 3.8) is 0 Å². The molecule has 0 amide bonds. The average Bonchev–Trinajstić information content (AvgIpc) is 2.55. The highest BCUT2D eigenvalue weighted by Gasteiger charge is 2.32. The van der Waals surface area contributed by atoms with Crippen LogP contribution in [0.3, 0.4) is 0 Å². The van der Waals surface area contributed by atoms with E-state index in [2.05, 4.69) is 9.88 Å². The third kappa shape index (κ3) is 3.51. The Morgan fingerprint density at radius 1 is 1.00 bits per heavy atom. The molecule has 3 rings (SSSR count). The zero-order chi connectivity index (χ0) is 17.3. The van der Waals surface area contributed by atoms with Crippen LogP contribution in [0.1, 0.15) is 5.56 Å². The number of alkyl halides is 3. The van der Waals surface area contributed by atoms with Crippen molar-refractivity contribution < 1.29 is 13.2 Å². The number of rotatable bonds is 2. The van der Waals surface area contributed by atoms with E-state index in [0.717, 1.165) is 31.0 Å². The molecule has 0 radical (unpaired) electrons. The summed E-state index contributed by atoms with van der Waals surface area (Å²) in [5.41, 5.74) is 6.62. The number of nitrogen functional groups attached to an aromatic ring is 1. The van der Waals surface area contributed by atoms with Crippen LogP contribution in [-0.2, 0) is 6.18 Å². The molecular formula is C16H16ClF3N4. The zero-order valence-electron chi connectivity index (χ0n) is 12.7. The van der Waals surface area contributed by atoms with Gasteiger partial charge in [-0.2, -0.15) is 13.2 Å². The average molecular weight is 357 g/mol. The van der Waals surface area contributed by atoms with Crippen LogP contribution >= 0.6 is 11.6 Å². The van der Waals surface area contributed by atoms with Crippen LogP contribution in [0.25, 0.3) is 0 Å². The van der Waals surface area contributed by atoms with Crippen molar-refractivity contribution in [1.29, 1.82) is 0 Å². The number of nitrogens with two attached hydrogens (primary N) is 1. The van der Waals surface area contributed by atoms with E-state index in [1.165, 1.54) is 0 Å². The van der Waals surface area contributed by atoms with Crippen LogP contribution in [0, 0.1) is 0 Å². The van der Waals surface area contributed by atoms with Crippen molar-refractivity contribution in [3.8, 4) is 0 Å². The van der Waals surface area contributed by atoms with Gasteiger partial charge in [0.2, 0.25) is 0 Å². The lowest BCUT2D eigenvalue weighted by molar-refractivity contribution is -0.137. The fourth-order valence-corrected chi connectivity index (χ4v) is 2.97. The number of nitrogens with zero attached hydrogens (tertiary/aromatic N) is 3. The van der Waals surface area contributed by atoms with Crippen LogP contribution < -0.4 is 15.5 Å². The lowest BCUT2D eigenvalue weighted by Gasteiger charge is -2.37. The summed E-state index contributed by atoms with van der Waals surface area (Å²) >= 11 is 6.01. The smallest absolute Gasteiger partial charge is 0.399 e. The fourth-order valence-electron chi connectivity index (χ4n) is 2.68. The molecule has 0 bridgehead atoms. The molecule has 1 aromatic heterocycles. The molecule has 24 heavy (non-hydrogen) atoms. The van der Waals surface area contributed by atoms with E-state index in [0.29, 0.717) is 24.6 Å².